The Hall–Kier alpha value is -2.44. The lowest BCUT2D eigenvalue weighted by Crippen LogP contribution is -2.37. The largest absolute Gasteiger partial charge is 0.483 e. The molecule has 2 aromatic rings. The van der Waals surface area contributed by atoms with Crippen LogP contribution in [0.5, 0.6) is 5.75 Å². The van der Waals surface area contributed by atoms with E-state index in [2.05, 4.69) is 9.88 Å². The zero-order chi connectivity index (χ0) is 18.1. The highest BCUT2D eigenvalue weighted by Crippen LogP contribution is 2.22. The fraction of sp³-hybridized carbons (Fsp3) is 0.368. The summed E-state index contributed by atoms with van der Waals surface area (Å²) < 4.78 is 5.52. The number of carbonyl (C=O) groups excluding carboxylic acids is 1. The number of rotatable bonds is 10. The van der Waals surface area contributed by atoms with Gasteiger partial charge in [-0.25, -0.2) is 0 Å². The first-order valence-electron chi connectivity index (χ1n) is 8.37. The summed E-state index contributed by atoms with van der Waals surface area (Å²) in [7, 11) is 0. The molecular weight excluding hydrogens is 318 g/mol. The standard InChI is InChI=1S/C19H25N3O3/c1-2-17(13-23)22(12-16-8-5-6-10-21-16)11-15-7-3-4-9-18(15)25-14-19(20)24/h3-10,17,23H,2,11-14H2,1H3,(H2,20,24)/t17-/m0/s1. The zero-order valence-electron chi connectivity index (χ0n) is 14.5. The van der Waals surface area contributed by atoms with E-state index in [0.717, 1.165) is 17.7 Å². The summed E-state index contributed by atoms with van der Waals surface area (Å²) in [6.45, 7) is 3.14. The maximum absolute atomic E-state index is 11.0. The number of aliphatic hydroxyl groups excluding tert-OH is 1. The van der Waals surface area contributed by atoms with Gasteiger partial charge < -0.3 is 15.6 Å². The number of pyridine rings is 1. The normalized spacial score (nSPS) is 12.1. The van der Waals surface area contributed by atoms with Crippen molar-refractivity contribution in [2.45, 2.75) is 32.5 Å². The Morgan fingerprint density at radius 3 is 2.64 bits per heavy atom. The molecule has 0 aliphatic heterocycles. The summed E-state index contributed by atoms with van der Waals surface area (Å²) in [5, 5.41) is 9.74. The fourth-order valence-electron chi connectivity index (χ4n) is 2.66. The molecule has 0 aliphatic carbocycles. The molecule has 2 rings (SSSR count). The van der Waals surface area contributed by atoms with E-state index in [1.807, 2.05) is 49.4 Å². The van der Waals surface area contributed by atoms with E-state index in [1.165, 1.54) is 0 Å². The molecule has 134 valence electrons. The third-order valence-electron chi connectivity index (χ3n) is 4.01. The van der Waals surface area contributed by atoms with Gasteiger partial charge in [0.2, 0.25) is 0 Å². The number of carbonyl (C=O) groups is 1. The van der Waals surface area contributed by atoms with Gasteiger partial charge in [0.25, 0.3) is 5.91 Å². The van der Waals surface area contributed by atoms with E-state index >= 15 is 0 Å². The molecule has 0 fully saturated rings. The van der Waals surface area contributed by atoms with Crippen molar-refractivity contribution in [2.75, 3.05) is 13.2 Å². The van der Waals surface area contributed by atoms with Crippen LogP contribution in [0.4, 0.5) is 0 Å². The number of hydrogen-bond donors (Lipinski definition) is 2. The maximum Gasteiger partial charge on any atom is 0.255 e. The first kappa shape index (κ1) is 18.9. The van der Waals surface area contributed by atoms with Crippen LogP contribution in [0.15, 0.2) is 48.7 Å². The van der Waals surface area contributed by atoms with Gasteiger partial charge in [0.1, 0.15) is 5.75 Å². The lowest BCUT2D eigenvalue weighted by Gasteiger charge is -2.30. The minimum absolute atomic E-state index is 0.00574. The van der Waals surface area contributed by atoms with Crippen LogP contribution >= 0.6 is 0 Å². The molecule has 6 heteroatoms. The van der Waals surface area contributed by atoms with Crippen molar-refractivity contribution in [2.24, 2.45) is 5.73 Å². The average molecular weight is 343 g/mol. The lowest BCUT2D eigenvalue weighted by atomic mass is 10.1. The predicted molar refractivity (Wildman–Crippen MR) is 95.8 cm³/mol. The number of benzene rings is 1. The van der Waals surface area contributed by atoms with Crippen LogP contribution in [-0.2, 0) is 17.9 Å². The summed E-state index contributed by atoms with van der Waals surface area (Å²) in [4.78, 5) is 17.5. The number of nitrogens with zero attached hydrogens (tertiary/aromatic N) is 2. The monoisotopic (exact) mass is 343 g/mol. The molecule has 0 saturated heterocycles. The van der Waals surface area contributed by atoms with Crippen molar-refractivity contribution in [3.05, 3.63) is 59.9 Å². The fourth-order valence-corrected chi connectivity index (χ4v) is 2.66. The summed E-state index contributed by atoms with van der Waals surface area (Å²) in [5.41, 5.74) is 7.04. The molecule has 1 amide bonds. The summed E-state index contributed by atoms with van der Waals surface area (Å²) in [5.74, 6) is 0.113. The van der Waals surface area contributed by atoms with E-state index < -0.39 is 5.91 Å². The molecule has 1 atom stereocenters. The molecule has 25 heavy (non-hydrogen) atoms. The second kappa shape index (κ2) is 9.76. The molecular formula is C19H25N3O3. The van der Waals surface area contributed by atoms with E-state index in [9.17, 15) is 9.90 Å². The van der Waals surface area contributed by atoms with Crippen molar-refractivity contribution in [1.29, 1.82) is 0 Å². The SMILES string of the molecule is CC[C@@H](CO)N(Cc1ccccn1)Cc1ccccc1OCC(N)=O. The first-order chi connectivity index (χ1) is 12.1. The minimum Gasteiger partial charge on any atom is -0.483 e. The Bertz CT molecular complexity index is 660. The molecule has 3 N–H and O–H groups in total. The van der Waals surface area contributed by atoms with Gasteiger partial charge in [0.05, 0.1) is 12.3 Å². The van der Waals surface area contributed by atoms with E-state index in [1.54, 1.807) is 6.20 Å². The highest BCUT2D eigenvalue weighted by molar-refractivity contribution is 5.75. The number of primary amides is 1. The van der Waals surface area contributed by atoms with Crippen LogP contribution in [0.3, 0.4) is 0 Å². The number of hydrogen-bond acceptors (Lipinski definition) is 5. The van der Waals surface area contributed by atoms with Crippen molar-refractivity contribution < 1.29 is 14.6 Å². The molecule has 1 heterocycles. The van der Waals surface area contributed by atoms with Crippen molar-refractivity contribution in [3.8, 4) is 5.75 Å². The lowest BCUT2D eigenvalue weighted by molar-refractivity contribution is -0.119. The minimum atomic E-state index is -0.512. The molecule has 0 aliphatic rings. The number of aliphatic hydroxyl groups is 1. The van der Waals surface area contributed by atoms with Crippen molar-refractivity contribution in [3.63, 3.8) is 0 Å². The smallest absolute Gasteiger partial charge is 0.255 e. The number of ether oxygens (including phenoxy) is 1. The molecule has 0 unspecified atom stereocenters. The van der Waals surface area contributed by atoms with Crippen LogP contribution in [0, 0.1) is 0 Å². The second-order valence-electron chi connectivity index (χ2n) is 5.83. The molecule has 1 aromatic heterocycles. The van der Waals surface area contributed by atoms with Gasteiger partial charge in [0.15, 0.2) is 6.61 Å². The summed E-state index contributed by atoms with van der Waals surface area (Å²) >= 11 is 0. The average Bonchev–Trinajstić information content (AvgIpc) is 2.62. The third-order valence-corrected chi connectivity index (χ3v) is 4.01. The van der Waals surface area contributed by atoms with Gasteiger partial charge in [-0.2, -0.15) is 0 Å². The predicted octanol–water partition coefficient (Wildman–Crippen LogP) is 1.72. The van der Waals surface area contributed by atoms with E-state index in [4.69, 9.17) is 10.5 Å². The van der Waals surface area contributed by atoms with E-state index in [-0.39, 0.29) is 19.3 Å². The topological polar surface area (TPSA) is 88.7 Å². The van der Waals surface area contributed by atoms with E-state index in [0.29, 0.717) is 18.8 Å². The molecule has 0 radical (unpaired) electrons. The van der Waals surface area contributed by atoms with Crippen molar-refractivity contribution >= 4 is 5.91 Å². The second-order valence-corrected chi connectivity index (χ2v) is 5.83. The first-order valence-corrected chi connectivity index (χ1v) is 8.37. The molecule has 0 bridgehead atoms. The molecule has 0 spiro atoms. The van der Waals surface area contributed by atoms with Gasteiger partial charge in [-0.05, 0) is 24.6 Å². The van der Waals surface area contributed by atoms with Crippen LogP contribution in [-0.4, -0.2) is 40.2 Å². The maximum atomic E-state index is 11.0. The van der Waals surface area contributed by atoms with Gasteiger partial charge in [0, 0.05) is 30.9 Å². The van der Waals surface area contributed by atoms with Gasteiger partial charge in [-0.3, -0.25) is 14.7 Å². The Morgan fingerprint density at radius 2 is 2.00 bits per heavy atom. The van der Waals surface area contributed by atoms with Gasteiger partial charge in [-0.15, -0.1) is 0 Å². The van der Waals surface area contributed by atoms with Crippen LogP contribution in [0.2, 0.25) is 0 Å². The number of para-hydroxylation sites is 1. The molecule has 0 saturated carbocycles. The van der Waals surface area contributed by atoms with Crippen molar-refractivity contribution in [1.82, 2.24) is 9.88 Å². The summed E-state index contributed by atoms with van der Waals surface area (Å²) in [6, 6.07) is 13.3. The Balaban J connectivity index is 2.19. The van der Waals surface area contributed by atoms with Crippen LogP contribution in [0.1, 0.15) is 24.6 Å². The van der Waals surface area contributed by atoms with Gasteiger partial charge in [-0.1, -0.05) is 31.2 Å². The highest BCUT2D eigenvalue weighted by Gasteiger charge is 2.19. The van der Waals surface area contributed by atoms with Crippen LogP contribution in [0.25, 0.3) is 0 Å². The number of nitrogens with two attached hydrogens (primary N) is 1. The Kier molecular flexibility index (Phi) is 7.37. The number of amides is 1. The zero-order valence-corrected chi connectivity index (χ0v) is 14.5. The van der Waals surface area contributed by atoms with Gasteiger partial charge >= 0.3 is 0 Å². The molecule has 6 nitrogen and oxygen atoms in total. The summed E-state index contributed by atoms with van der Waals surface area (Å²) in [6.07, 6.45) is 2.57. The van der Waals surface area contributed by atoms with Crippen LogP contribution < -0.4 is 10.5 Å². The number of aromatic nitrogens is 1. The quantitative estimate of drug-likeness (QED) is 0.686. The third kappa shape index (κ3) is 5.85. The Labute approximate surface area is 148 Å². The molecule has 1 aromatic carbocycles. The Morgan fingerprint density at radius 1 is 1.24 bits per heavy atom. The highest BCUT2D eigenvalue weighted by atomic mass is 16.5.